The number of carbonyl (C=O) groups excluding carboxylic acids is 2. The highest BCUT2D eigenvalue weighted by Gasteiger charge is 2.31. The van der Waals surface area contributed by atoms with Crippen molar-refractivity contribution in [3.63, 3.8) is 0 Å². The Bertz CT molecular complexity index is 454. The van der Waals surface area contributed by atoms with Gasteiger partial charge in [0.05, 0.1) is 18.3 Å². The first-order valence-electron chi connectivity index (χ1n) is 4.95. The zero-order valence-electron chi connectivity index (χ0n) is 8.55. The molecule has 1 saturated heterocycles. The summed E-state index contributed by atoms with van der Waals surface area (Å²) in [4.78, 5) is 24.2. The molecule has 1 fully saturated rings. The van der Waals surface area contributed by atoms with Gasteiger partial charge in [-0.05, 0) is 6.08 Å². The molecule has 2 heterocycles. The molecule has 0 spiro atoms. The molecule has 0 aromatic carbocycles. The largest absolute Gasteiger partial charge is 0.347 e. The van der Waals surface area contributed by atoms with E-state index in [9.17, 15) is 18.0 Å². The molecule has 0 bridgehead atoms. The summed E-state index contributed by atoms with van der Waals surface area (Å²) in [5.41, 5.74) is 0. The molecule has 16 heavy (non-hydrogen) atoms. The molecule has 0 radical (unpaired) electrons. The summed E-state index contributed by atoms with van der Waals surface area (Å²) in [5, 5.41) is 3.59. The maximum absolute atomic E-state index is 11.6. The van der Waals surface area contributed by atoms with E-state index in [4.69, 9.17) is 0 Å². The Morgan fingerprint density at radius 3 is 2.75 bits per heavy atom. The number of hydrogen-bond donors (Lipinski definition) is 1. The van der Waals surface area contributed by atoms with Crippen LogP contribution in [-0.4, -0.2) is 50.0 Å². The highest BCUT2D eigenvalue weighted by atomic mass is 32.2. The van der Waals surface area contributed by atoms with Gasteiger partial charge in [-0.1, -0.05) is 0 Å². The summed E-state index contributed by atoms with van der Waals surface area (Å²) < 4.78 is 22.5. The van der Waals surface area contributed by atoms with Crippen LogP contribution in [0.1, 0.15) is 6.42 Å². The van der Waals surface area contributed by atoms with Gasteiger partial charge in [0.2, 0.25) is 11.8 Å². The van der Waals surface area contributed by atoms with Gasteiger partial charge in [-0.25, -0.2) is 8.42 Å². The molecular formula is C9H12N2O4S. The van der Waals surface area contributed by atoms with Crippen molar-refractivity contribution >= 4 is 21.7 Å². The van der Waals surface area contributed by atoms with E-state index in [1.54, 1.807) is 0 Å². The number of sulfone groups is 1. The van der Waals surface area contributed by atoms with E-state index in [2.05, 4.69) is 5.32 Å². The molecule has 2 rings (SSSR count). The van der Waals surface area contributed by atoms with Crippen LogP contribution in [0.2, 0.25) is 0 Å². The van der Waals surface area contributed by atoms with Crippen molar-refractivity contribution in [2.45, 2.75) is 12.5 Å². The fraction of sp³-hybridized carbons (Fsp3) is 0.556. The Kier molecular flexibility index (Phi) is 2.71. The fourth-order valence-corrected chi connectivity index (χ4v) is 3.11. The van der Waals surface area contributed by atoms with E-state index < -0.39 is 15.9 Å². The Morgan fingerprint density at radius 2 is 2.12 bits per heavy atom. The maximum Gasteiger partial charge on any atom is 0.242 e. The summed E-state index contributed by atoms with van der Waals surface area (Å²) in [7, 11) is -3.17. The number of amides is 2. The molecule has 1 unspecified atom stereocenters. The summed E-state index contributed by atoms with van der Waals surface area (Å²) in [5.74, 6) is -0.495. The SMILES string of the molecule is O=C1CCN(C2C=CS(=O)(=O)C2)C(=O)CN1. The first-order chi connectivity index (χ1) is 7.48. The molecule has 2 aliphatic rings. The van der Waals surface area contributed by atoms with Crippen molar-refractivity contribution in [3.8, 4) is 0 Å². The van der Waals surface area contributed by atoms with Gasteiger partial charge in [0.1, 0.15) is 0 Å². The van der Waals surface area contributed by atoms with E-state index in [0.29, 0.717) is 0 Å². The highest BCUT2D eigenvalue weighted by Crippen LogP contribution is 2.16. The van der Waals surface area contributed by atoms with Gasteiger partial charge in [-0.2, -0.15) is 0 Å². The Balaban J connectivity index is 2.12. The molecule has 1 atom stereocenters. The smallest absolute Gasteiger partial charge is 0.242 e. The van der Waals surface area contributed by atoms with Crippen molar-refractivity contribution in [2.24, 2.45) is 0 Å². The lowest BCUT2D eigenvalue weighted by molar-refractivity contribution is -0.130. The molecular weight excluding hydrogens is 232 g/mol. The molecule has 6 nitrogen and oxygen atoms in total. The molecule has 2 amide bonds. The quantitative estimate of drug-likeness (QED) is 0.618. The number of nitrogens with zero attached hydrogens (tertiary/aromatic N) is 1. The van der Waals surface area contributed by atoms with Crippen LogP contribution >= 0.6 is 0 Å². The summed E-state index contributed by atoms with van der Waals surface area (Å²) in [6.45, 7) is 0.221. The molecule has 0 aliphatic carbocycles. The summed E-state index contributed by atoms with van der Waals surface area (Å²) in [6, 6.07) is -0.426. The minimum atomic E-state index is -3.17. The van der Waals surface area contributed by atoms with Crippen molar-refractivity contribution in [1.82, 2.24) is 10.2 Å². The van der Waals surface area contributed by atoms with Crippen LogP contribution in [0.3, 0.4) is 0 Å². The third-order valence-corrected chi connectivity index (χ3v) is 4.03. The van der Waals surface area contributed by atoms with Gasteiger partial charge >= 0.3 is 0 Å². The molecule has 0 aromatic heterocycles. The monoisotopic (exact) mass is 244 g/mol. The Hall–Kier alpha value is -1.37. The summed E-state index contributed by atoms with van der Waals surface area (Å²) in [6.07, 6.45) is 1.72. The Labute approximate surface area is 93.2 Å². The summed E-state index contributed by atoms with van der Waals surface area (Å²) >= 11 is 0. The average Bonchev–Trinajstić information content (AvgIpc) is 2.47. The standard InChI is InChI=1S/C9H12N2O4S/c12-8-1-3-11(9(13)5-10-8)7-2-4-16(14,15)6-7/h2,4,7H,1,3,5-6H2,(H,10,12). The van der Waals surface area contributed by atoms with Crippen LogP contribution in [0.4, 0.5) is 0 Å². The molecule has 88 valence electrons. The predicted molar refractivity (Wildman–Crippen MR) is 56.1 cm³/mol. The maximum atomic E-state index is 11.6. The average molecular weight is 244 g/mol. The second kappa shape index (κ2) is 3.89. The van der Waals surface area contributed by atoms with E-state index in [1.807, 2.05) is 0 Å². The number of carbonyl (C=O) groups is 2. The van der Waals surface area contributed by atoms with Crippen molar-refractivity contribution < 1.29 is 18.0 Å². The van der Waals surface area contributed by atoms with Crippen LogP contribution in [0.5, 0.6) is 0 Å². The zero-order valence-corrected chi connectivity index (χ0v) is 9.37. The van der Waals surface area contributed by atoms with Gasteiger partial charge < -0.3 is 10.2 Å². The lowest BCUT2D eigenvalue weighted by Crippen LogP contribution is -2.43. The third kappa shape index (κ3) is 2.24. The molecule has 1 N–H and O–H groups in total. The van der Waals surface area contributed by atoms with E-state index in [0.717, 1.165) is 5.41 Å². The number of hydrogen-bond acceptors (Lipinski definition) is 4. The van der Waals surface area contributed by atoms with Gasteiger partial charge in [-0.3, -0.25) is 9.59 Å². The second-order valence-electron chi connectivity index (χ2n) is 3.84. The minimum absolute atomic E-state index is 0.0524. The highest BCUT2D eigenvalue weighted by molar-refractivity contribution is 7.94. The van der Waals surface area contributed by atoms with Crippen LogP contribution in [0.15, 0.2) is 11.5 Å². The topological polar surface area (TPSA) is 83.6 Å². The fourth-order valence-electron chi connectivity index (χ4n) is 1.81. The van der Waals surface area contributed by atoms with Crippen molar-refractivity contribution in [1.29, 1.82) is 0 Å². The second-order valence-corrected chi connectivity index (χ2v) is 5.77. The minimum Gasteiger partial charge on any atom is -0.347 e. The molecule has 7 heteroatoms. The van der Waals surface area contributed by atoms with E-state index in [-0.39, 0.29) is 37.1 Å². The van der Waals surface area contributed by atoms with Crippen molar-refractivity contribution in [3.05, 3.63) is 11.5 Å². The van der Waals surface area contributed by atoms with E-state index >= 15 is 0 Å². The lowest BCUT2D eigenvalue weighted by Gasteiger charge is -2.24. The number of rotatable bonds is 1. The normalized spacial score (nSPS) is 29.0. The zero-order chi connectivity index (χ0) is 11.8. The third-order valence-electron chi connectivity index (χ3n) is 2.65. The van der Waals surface area contributed by atoms with Gasteiger partial charge in [0, 0.05) is 18.4 Å². The van der Waals surface area contributed by atoms with Gasteiger partial charge in [0.25, 0.3) is 0 Å². The van der Waals surface area contributed by atoms with Gasteiger partial charge in [-0.15, -0.1) is 0 Å². The molecule has 2 aliphatic heterocycles. The van der Waals surface area contributed by atoms with Gasteiger partial charge in [0.15, 0.2) is 9.84 Å². The van der Waals surface area contributed by atoms with Crippen LogP contribution in [0.25, 0.3) is 0 Å². The van der Waals surface area contributed by atoms with Crippen LogP contribution < -0.4 is 5.32 Å². The first kappa shape index (κ1) is 11.1. The Morgan fingerprint density at radius 1 is 1.38 bits per heavy atom. The number of nitrogens with one attached hydrogen (secondary N) is 1. The predicted octanol–water partition coefficient (Wildman–Crippen LogP) is -1.35. The van der Waals surface area contributed by atoms with Crippen LogP contribution in [0, 0.1) is 0 Å². The first-order valence-corrected chi connectivity index (χ1v) is 6.66. The molecule has 0 aromatic rings. The van der Waals surface area contributed by atoms with E-state index in [1.165, 1.54) is 11.0 Å². The van der Waals surface area contributed by atoms with Crippen molar-refractivity contribution in [2.75, 3.05) is 18.8 Å². The lowest BCUT2D eigenvalue weighted by atomic mass is 10.2. The molecule has 0 saturated carbocycles. The van der Waals surface area contributed by atoms with Crippen LogP contribution in [-0.2, 0) is 19.4 Å².